The highest BCUT2D eigenvalue weighted by molar-refractivity contribution is 6.05. The van der Waals surface area contributed by atoms with Crippen molar-refractivity contribution in [2.45, 2.75) is 32.1 Å². The molecule has 7 aromatic carbocycles. The van der Waals surface area contributed by atoms with Crippen molar-refractivity contribution in [3.05, 3.63) is 193 Å². The lowest BCUT2D eigenvalue weighted by atomic mass is 9.82. The molecule has 0 fully saturated rings. The van der Waals surface area contributed by atoms with Crippen LogP contribution in [0.25, 0.3) is 49.7 Å². The molecule has 240 valence electrons. The molecule has 0 saturated heterocycles. The van der Waals surface area contributed by atoms with E-state index in [9.17, 15) is 0 Å². The molecule has 0 unspecified atom stereocenters. The Morgan fingerprint density at radius 1 is 0.480 bits per heavy atom. The Bertz CT molecular complexity index is 2440. The normalized spacial score (nSPS) is 14.2. The number of hydrogen-bond donors (Lipinski definition) is 0. The first-order valence-corrected chi connectivity index (χ1v) is 17.8. The highest BCUT2D eigenvalue weighted by Gasteiger charge is 2.36. The molecule has 0 saturated carbocycles. The van der Waals surface area contributed by atoms with Gasteiger partial charge in [0.1, 0.15) is 0 Å². The predicted molar refractivity (Wildman–Crippen MR) is 213 cm³/mol. The zero-order valence-electron chi connectivity index (χ0n) is 28.6. The second-order valence-corrected chi connectivity index (χ2v) is 14.0. The van der Waals surface area contributed by atoms with Crippen LogP contribution in [0.4, 0.5) is 17.1 Å². The molecule has 0 aromatic heterocycles. The maximum absolute atomic E-state index is 2.47. The van der Waals surface area contributed by atoms with Crippen molar-refractivity contribution >= 4 is 33.4 Å². The zero-order chi connectivity index (χ0) is 33.7. The van der Waals surface area contributed by atoms with Gasteiger partial charge in [-0.3, -0.25) is 0 Å². The first-order valence-electron chi connectivity index (χ1n) is 17.8. The Kier molecular flexibility index (Phi) is 7.36. The molecule has 0 N–H and O–H groups in total. The number of rotatable bonds is 6. The van der Waals surface area contributed by atoms with Crippen molar-refractivity contribution in [2.75, 3.05) is 4.90 Å². The van der Waals surface area contributed by atoms with E-state index in [1.54, 1.807) is 0 Å². The van der Waals surface area contributed by atoms with E-state index >= 15 is 0 Å². The summed E-state index contributed by atoms with van der Waals surface area (Å²) in [5, 5.41) is 2.54. The number of anilines is 3. The second-order valence-electron chi connectivity index (χ2n) is 14.0. The first-order chi connectivity index (χ1) is 24.6. The monoisotopic (exact) mass is 641 g/mol. The molecule has 2 aliphatic rings. The third-order valence-corrected chi connectivity index (χ3v) is 10.8. The Hall–Kier alpha value is -5.92. The van der Waals surface area contributed by atoms with Crippen LogP contribution in [-0.2, 0) is 5.41 Å². The number of fused-ring (bicyclic) bond motifs is 4. The van der Waals surface area contributed by atoms with Gasteiger partial charge in [0.2, 0.25) is 0 Å². The van der Waals surface area contributed by atoms with E-state index in [4.69, 9.17) is 0 Å². The van der Waals surface area contributed by atoms with Gasteiger partial charge in [0.15, 0.2) is 0 Å². The molecule has 7 aromatic rings. The van der Waals surface area contributed by atoms with Crippen molar-refractivity contribution in [1.29, 1.82) is 0 Å². The molecule has 0 aliphatic heterocycles. The summed E-state index contributed by atoms with van der Waals surface area (Å²) in [6, 6.07) is 58.1. The van der Waals surface area contributed by atoms with Gasteiger partial charge in [-0.25, -0.2) is 0 Å². The Morgan fingerprint density at radius 2 is 1.06 bits per heavy atom. The van der Waals surface area contributed by atoms with Crippen LogP contribution < -0.4 is 4.90 Å². The summed E-state index contributed by atoms with van der Waals surface area (Å²) < 4.78 is 0. The van der Waals surface area contributed by atoms with Gasteiger partial charge < -0.3 is 4.90 Å². The summed E-state index contributed by atoms with van der Waals surface area (Å²) in [6.07, 6.45) is 8.86. The molecule has 50 heavy (non-hydrogen) atoms. The number of hydrogen-bond acceptors (Lipinski definition) is 1. The quantitative estimate of drug-likeness (QED) is 0.175. The highest BCUT2D eigenvalue weighted by Crippen LogP contribution is 2.51. The summed E-state index contributed by atoms with van der Waals surface area (Å²) in [6.45, 7) is 4.72. The van der Waals surface area contributed by atoms with E-state index in [1.807, 2.05) is 0 Å². The molecule has 0 bridgehead atoms. The van der Waals surface area contributed by atoms with Crippen LogP contribution in [0.15, 0.2) is 176 Å². The minimum absolute atomic E-state index is 0.0827. The van der Waals surface area contributed by atoms with Crippen LogP contribution in [0.2, 0.25) is 0 Å². The smallest absolute Gasteiger partial charge is 0.0536 e. The van der Waals surface area contributed by atoms with Gasteiger partial charge in [0.25, 0.3) is 0 Å². The van der Waals surface area contributed by atoms with Gasteiger partial charge in [0, 0.05) is 22.4 Å². The number of allylic oxidation sites excluding steroid dienone is 4. The Morgan fingerprint density at radius 3 is 1.78 bits per heavy atom. The number of para-hydroxylation sites is 1. The average Bonchev–Trinajstić information content (AvgIpc) is 3.41. The summed E-state index contributed by atoms with van der Waals surface area (Å²) in [5.74, 6) is 0. The SMILES string of the molecule is CC1(C)c2ccccc2-c2ccc(N(c3ccc(-c4ccc(-c5ccccc5)c5ccccc45)cc3)c3ccccc3C3=CC=CCC3)cc21. The van der Waals surface area contributed by atoms with Crippen LogP contribution >= 0.6 is 0 Å². The molecule has 1 heteroatoms. The van der Waals surface area contributed by atoms with Gasteiger partial charge >= 0.3 is 0 Å². The molecule has 0 amide bonds. The minimum Gasteiger partial charge on any atom is -0.310 e. The number of nitrogens with zero attached hydrogens (tertiary/aromatic N) is 1. The van der Waals surface area contributed by atoms with Gasteiger partial charge in [-0.15, -0.1) is 0 Å². The lowest BCUT2D eigenvalue weighted by Crippen LogP contribution is -2.17. The van der Waals surface area contributed by atoms with Crippen molar-refractivity contribution in [2.24, 2.45) is 0 Å². The van der Waals surface area contributed by atoms with Crippen LogP contribution in [0.1, 0.15) is 43.4 Å². The molecule has 0 atom stereocenters. The largest absolute Gasteiger partial charge is 0.310 e. The summed E-state index contributed by atoms with van der Waals surface area (Å²) in [5.41, 5.74) is 16.5. The lowest BCUT2D eigenvalue weighted by Gasteiger charge is -2.30. The first kappa shape index (κ1) is 30.2. The molecule has 0 heterocycles. The highest BCUT2D eigenvalue weighted by atomic mass is 15.1. The standard InChI is InChI=1S/C49H39N/c1-49(2)46-23-13-11-22-44(46)45-30-29-38(33-47(45)49)50(48-24-14-12-19-41(48)35-17-7-4-8-18-35)37-27-25-36(26-28-37)40-32-31-39(34-15-5-3-6-16-34)42-20-9-10-21-43(40)42/h3-7,9-17,19-33H,8,18H2,1-2H3. The average molecular weight is 642 g/mol. The fourth-order valence-electron chi connectivity index (χ4n) is 8.24. The lowest BCUT2D eigenvalue weighted by molar-refractivity contribution is 0.660. The third kappa shape index (κ3) is 5.01. The van der Waals surface area contributed by atoms with Gasteiger partial charge in [0.05, 0.1) is 5.69 Å². The van der Waals surface area contributed by atoms with Crippen LogP contribution in [0.5, 0.6) is 0 Å². The van der Waals surface area contributed by atoms with E-state index in [-0.39, 0.29) is 5.41 Å². The van der Waals surface area contributed by atoms with Gasteiger partial charge in [-0.05, 0) is 104 Å². The van der Waals surface area contributed by atoms with Crippen LogP contribution in [-0.4, -0.2) is 0 Å². The van der Waals surface area contributed by atoms with E-state index < -0.39 is 0 Å². The molecular weight excluding hydrogens is 603 g/mol. The summed E-state index contributed by atoms with van der Waals surface area (Å²) >= 11 is 0. The molecule has 2 aliphatic carbocycles. The third-order valence-electron chi connectivity index (χ3n) is 10.8. The molecule has 9 rings (SSSR count). The molecule has 1 nitrogen and oxygen atoms in total. The van der Waals surface area contributed by atoms with Crippen molar-refractivity contribution in [1.82, 2.24) is 0 Å². The van der Waals surface area contributed by atoms with E-state index in [1.165, 1.54) is 77.8 Å². The zero-order valence-corrected chi connectivity index (χ0v) is 28.6. The van der Waals surface area contributed by atoms with Gasteiger partial charge in [-0.2, -0.15) is 0 Å². The second kappa shape index (κ2) is 12.2. The Balaban J connectivity index is 1.18. The minimum atomic E-state index is -0.0827. The van der Waals surface area contributed by atoms with Crippen LogP contribution in [0.3, 0.4) is 0 Å². The van der Waals surface area contributed by atoms with Crippen molar-refractivity contribution < 1.29 is 0 Å². The fraction of sp³-hybridized carbons (Fsp3) is 0.102. The van der Waals surface area contributed by atoms with Crippen molar-refractivity contribution in [3.8, 4) is 33.4 Å². The van der Waals surface area contributed by atoms with Crippen LogP contribution in [0, 0.1) is 0 Å². The van der Waals surface area contributed by atoms with E-state index in [2.05, 4.69) is 195 Å². The molecule has 0 spiro atoms. The maximum atomic E-state index is 2.47. The summed E-state index contributed by atoms with van der Waals surface area (Å²) in [7, 11) is 0. The Labute approximate surface area is 295 Å². The predicted octanol–water partition coefficient (Wildman–Crippen LogP) is 13.7. The number of benzene rings is 7. The fourth-order valence-corrected chi connectivity index (χ4v) is 8.24. The maximum Gasteiger partial charge on any atom is 0.0536 e. The van der Waals surface area contributed by atoms with E-state index in [0.29, 0.717) is 0 Å². The van der Waals surface area contributed by atoms with E-state index in [0.717, 1.165) is 18.5 Å². The van der Waals surface area contributed by atoms with Gasteiger partial charge in [-0.1, -0.05) is 159 Å². The summed E-state index contributed by atoms with van der Waals surface area (Å²) in [4.78, 5) is 2.47. The molecular formula is C49H39N. The topological polar surface area (TPSA) is 3.24 Å². The van der Waals surface area contributed by atoms with Crippen molar-refractivity contribution in [3.63, 3.8) is 0 Å². The molecule has 0 radical (unpaired) electrons.